The van der Waals surface area contributed by atoms with E-state index in [2.05, 4.69) is 5.32 Å². The van der Waals surface area contributed by atoms with Gasteiger partial charge in [0, 0.05) is 12.6 Å². The van der Waals surface area contributed by atoms with E-state index in [0.717, 1.165) is 0 Å². The fourth-order valence-electron chi connectivity index (χ4n) is 1.32. The van der Waals surface area contributed by atoms with Crippen LogP contribution in [0.1, 0.15) is 6.42 Å². The highest BCUT2D eigenvalue weighted by Crippen LogP contribution is 2.10. The average molecular weight is 209 g/mol. The normalized spacial score (nSPS) is 28.9. The molecule has 5 nitrogen and oxygen atoms in total. The highest BCUT2D eigenvalue weighted by molar-refractivity contribution is 7.91. The number of sulfone groups is 1. The molecule has 0 aromatic rings. The first-order valence-corrected chi connectivity index (χ1v) is 6.08. The fourth-order valence-corrected chi connectivity index (χ4v) is 3.03. The molecule has 0 aromatic carbocycles. The SMILES string of the molecule is O=S1(=O)CCC(NC[C@H](O)CO)C1. The van der Waals surface area contributed by atoms with Gasteiger partial charge in [0.25, 0.3) is 0 Å². The van der Waals surface area contributed by atoms with Gasteiger partial charge < -0.3 is 15.5 Å². The lowest BCUT2D eigenvalue weighted by atomic mass is 10.2. The van der Waals surface area contributed by atoms with E-state index in [9.17, 15) is 8.42 Å². The lowest BCUT2D eigenvalue weighted by Gasteiger charge is -2.13. The van der Waals surface area contributed by atoms with Crippen LogP contribution in [0.25, 0.3) is 0 Å². The van der Waals surface area contributed by atoms with Crippen LogP contribution in [-0.4, -0.2) is 55.4 Å². The van der Waals surface area contributed by atoms with Gasteiger partial charge in [0.15, 0.2) is 9.84 Å². The summed E-state index contributed by atoms with van der Waals surface area (Å²) in [5.74, 6) is 0.366. The number of nitrogens with one attached hydrogen (secondary N) is 1. The summed E-state index contributed by atoms with van der Waals surface area (Å²) in [7, 11) is -2.86. The molecule has 13 heavy (non-hydrogen) atoms. The van der Waals surface area contributed by atoms with Crippen molar-refractivity contribution < 1.29 is 18.6 Å². The van der Waals surface area contributed by atoms with E-state index in [1.807, 2.05) is 0 Å². The van der Waals surface area contributed by atoms with Crippen molar-refractivity contribution in [3.05, 3.63) is 0 Å². The van der Waals surface area contributed by atoms with Gasteiger partial charge in [0.1, 0.15) is 0 Å². The Balaban J connectivity index is 2.25. The lowest BCUT2D eigenvalue weighted by molar-refractivity contribution is 0.0925. The Kier molecular flexibility index (Phi) is 3.66. The van der Waals surface area contributed by atoms with E-state index < -0.39 is 15.9 Å². The zero-order valence-corrected chi connectivity index (χ0v) is 8.13. The molecule has 78 valence electrons. The van der Waals surface area contributed by atoms with Gasteiger partial charge in [-0.3, -0.25) is 0 Å². The van der Waals surface area contributed by atoms with Crippen LogP contribution in [0.3, 0.4) is 0 Å². The van der Waals surface area contributed by atoms with E-state index >= 15 is 0 Å². The summed E-state index contributed by atoms with van der Waals surface area (Å²) in [4.78, 5) is 0. The van der Waals surface area contributed by atoms with Crippen LogP contribution >= 0.6 is 0 Å². The molecule has 1 aliphatic heterocycles. The summed E-state index contributed by atoms with van der Waals surface area (Å²) in [5.41, 5.74) is 0. The number of aliphatic hydroxyl groups excluding tert-OH is 2. The Hall–Kier alpha value is -0.170. The molecule has 1 fully saturated rings. The van der Waals surface area contributed by atoms with E-state index in [4.69, 9.17) is 10.2 Å². The zero-order valence-electron chi connectivity index (χ0n) is 7.31. The van der Waals surface area contributed by atoms with E-state index in [-0.39, 0.29) is 30.7 Å². The van der Waals surface area contributed by atoms with Crippen molar-refractivity contribution in [2.45, 2.75) is 18.6 Å². The molecule has 0 saturated carbocycles. The second-order valence-electron chi connectivity index (χ2n) is 3.34. The quantitative estimate of drug-likeness (QED) is 0.504. The summed E-state index contributed by atoms with van der Waals surface area (Å²) in [6.45, 7) is -0.0524. The predicted octanol–water partition coefficient (Wildman–Crippen LogP) is -1.88. The van der Waals surface area contributed by atoms with Crippen LogP contribution in [0.4, 0.5) is 0 Å². The maximum atomic E-state index is 11.0. The molecule has 0 aromatic heterocycles. The Labute approximate surface area is 77.7 Å². The summed E-state index contributed by atoms with van der Waals surface area (Å²) in [6, 6.07) is -0.0637. The van der Waals surface area contributed by atoms with E-state index in [1.54, 1.807) is 0 Å². The second-order valence-corrected chi connectivity index (χ2v) is 5.57. The molecule has 1 unspecified atom stereocenters. The van der Waals surface area contributed by atoms with Gasteiger partial charge in [0.2, 0.25) is 0 Å². The molecule has 0 aliphatic carbocycles. The maximum Gasteiger partial charge on any atom is 0.151 e. The van der Waals surface area contributed by atoms with E-state index in [1.165, 1.54) is 0 Å². The summed E-state index contributed by atoms with van der Waals surface area (Å²) in [6.07, 6.45) is -0.205. The Morgan fingerprint density at radius 3 is 2.69 bits per heavy atom. The van der Waals surface area contributed by atoms with Gasteiger partial charge in [-0.25, -0.2) is 8.42 Å². The first-order valence-electron chi connectivity index (χ1n) is 4.26. The third kappa shape index (κ3) is 3.60. The van der Waals surface area contributed by atoms with Gasteiger partial charge in [-0.1, -0.05) is 0 Å². The number of rotatable bonds is 4. The summed E-state index contributed by atoms with van der Waals surface area (Å²) in [5, 5.41) is 20.4. The lowest BCUT2D eigenvalue weighted by Crippen LogP contribution is -2.37. The molecule has 0 spiro atoms. The number of aliphatic hydroxyl groups is 2. The van der Waals surface area contributed by atoms with Crippen molar-refractivity contribution >= 4 is 9.84 Å². The largest absolute Gasteiger partial charge is 0.394 e. The van der Waals surface area contributed by atoms with Gasteiger partial charge in [-0.05, 0) is 6.42 Å². The zero-order chi connectivity index (χ0) is 9.90. The first-order chi connectivity index (χ1) is 6.03. The van der Waals surface area contributed by atoms with Crippen LogP contribution in [-0.2, 0) is 9.84 Å². The summed E-state index contributed by atoms with van der Waals surface area (Å²) < 4.78 is 22.0. The Morgan fingerprint density at radius 2 is 2.23 bits per heavy atom. The molecule has 3 N–H and O–H groups in total. The molecule has 0 bridgehead atoms. The number of hydrogen-bond acceptors (Lipinski definition) is 5. The second kappa shape index (κ2) is 4.36. The predicted molar refractivity (Wildman–Crippen MR) is 48.2 cm³/mol. The molecule has 6 heteroatoms. The van der Waals surface area contributed by atoms with Crippen LogP contribution < -0.4 is 5.32 Å². The van der Waals surface area contributed by atoms with Gasteiger partial charge in [-0.15, -0.1) is 0 Å². The molecule has 1 saturated heterocycles. The maximum absolute atomic E-state index is 11.0. The van der Waals surface area contributed by atoms with Crippen molar-refractivity contribution in [3.63, 3.8) is 0 Å². The minimum atomic E-state index is -2.86. The Morgan fingerprint density at radius 1 is 1.54 bits per heavy atom. The van der Waals surface area contributed by atoms with Crippen LogP contribution in [0.5, 0.6) is 0 Å². The van der Waals surface area contributed by atoms with Crippen LogP contribution in [0.2, 0.25) is 0 Å². The van der Waals surface area contributed by atoms with Crippen molar-refractivity contribution in [2.24, 2.45) is 0 Å². The number of hydrogen-bond donors (Lipinski definition) is 3. The smallest absolute Gasteiger partial charge is 0.151 e. The van der Waals surface area contributed by atoms with Crippen LogP contribution in [0, 0.1) is 0 Å². The van der Waals surface area contributed by atoms with E-state index in [0.29, 0.717) is 6.42 Å². The van der Waals surface area contributed by atoms with Crippen molar-refractivity contribution in [1.82, 2.24) is 5.32 Å². The molecular weight excluding hydrogens is 194 g/mol. The van der Waals surface area contributed by atoms with Gasteiger partial charge in [0.05, 0.1) is 24.2 Å². The van der Waals surface area contributed by atoms with Crippen molar-refractivity contribution in [1.29, 1.82) is 0 Å². The third-order valence-electron chi connectivity index (χ3n) is 2.09. The highest BCUT2D eigenvalue weighted by atomic mass is 32.2. The molecule has 1 rings (SSSR count). The minimum absolute atomic E-state index is 0.0637. The molecule has 0 radical (unpaired) electrons. The molecule has 1 heterocycles. The van der Waals surface area contributed by atoms with Crippen LogP contribution in [0.15, 0.2) is 0 Å². The van der Waals surface area contributed by atoms with Gasteiger partial charge in [-0.2, -0.15) is 0 Å². The molecule has 2 atom stereocenters. The average Bonchev–Trinajstić information content (AvgIpc) is 2.41. The standard InChI is InChI=1S/C7H15NO4S/c9-4-7(10)3-8-6-1-2-13(11,12)5-6/h6-10H,1-5H2/t6?,7-/m0/s1. The topological polar surface area (TPSA) is 86.6 Å². The molecular formula is C7H15NO4S. The molecule has 1 aliphatic rings. The fraction of sp³-hybridized carbons (Fsp3) is 1.00. The van der Waals surface area contributed by atoms with Crippen molar-refractivity contribution in [2.75, 3.05) is 24.7 Å². The van der Waals surface area contributed by atoms with Gasteiger partial charge >= 0.3 is 0 Å². The third-order valence-corrected chi connectivity index (χ3v) is 3.85. The summed E-state index contributed by atoms with van der Waals surface area (Å²) >= 11 is 0. The first kappa shape index (κ1) is 10.9. The highest BCUT2D eigenvalue weighted by Gasteiger charge is 2.27. The molecule has 0 amide bonds. The Bertz CT molecular complexity index is 251. The monoisotopic (exact) mass is 209 g/mol. The minimum Gasteiger partial charge on any atom is -0.394 e. The van der Waals surface area contributed by atoms with Crippen molar-refractivity contribution in [3.8, 4) is 0 Å².